The number of nitriles is 1. The molecule has 1 aromatic carbocycles. The first-order valence-electron chi connectivity index (χ1n) is 7.02. The van der Waals surface area contributed by atoms with Crippen molar-refractivity contribution in [2.75, 3.05) is 5.73 Å². The van der Waals surface area contributed by atoms with Gasteiger partial charge < -0.3 is 10.7 Å². The molecule has 108 valence electrons. The van der Waals surface area contributed by atoms with Gasteiger partial charge in [0.25, 0.3) is 0 Å². The molecule has 0 saturated carbocycles. The Labute approximate surface area is 129 Å². The maximum atomic E-state index is 9.44. The van der Waals surface area contributed by atoms with E-state index >= 15 is 0 Å². The Balaban J connectivity index is 2.30. The number of rotatable bonds is 2. The predicted molar refractivity (Wildman–Crippen MR) is 88.1 cm³/mol. The van der Waals surface area contributed by atoms with Crippen molar-refractivity contribution >= 4 is 5.82 Å². The average Bonchev–Trinajstić information content (AvgIpc) is 3.03. The molecule has 3 aromatic rings. The molecule has 0 aliphatic carbocycles. The van der Waals surface area contributed by atoms with Gasteiger partial charge in [0, 0.05) is 23.0 Å². The summed E-state index contributed by atoms with van der Waals surface area (Å²) < 4.78 is 0. The first-order chi connectivity index (χ1) is 10.6. The highest BCUT2D eigenvalue weighted by atomic mass is 14.9. The van der Waals surface area contributed by atoms with Crippen molar-refractivity contribution in [1.82, 2.24) is 9.97 Å². The van der Waals surface area contributed by atoms with Crippen LogP contribution in [0.25, 0.3) is 22.5 Å². The molecule has 2 aromatic heterocycles. The third-order valence-corrected chi connectivity index (χ3v) is 3.77. The predicted octanol–water partition coefficient (Wildman–Crippen LogP) is 3.81. The minimum absolute atomic E-state index is 0.258. The van der Waals surface area contributed by atoms with Crippen LogP contribution in [-0.4, -0.2) is 9.97 Å². The molecule has 0 amide bonds. The average molecular weight is 288 g/mol. The monoisotopic (exact) mass is 288 g/mol. The molecule has 3 rings (SSSR count). The van der Waals surface area contributed by atoms with Crippen molar-refractivity contribution in [3.8, 4) is 28.6 Å². The summed E-state index contributed by atoms with van der Waals surface area (Å²) in [7, 11) is 0. The second-order valence-electron chi connectivity index (χ2n) is 5.28. The van der Waals surface area contributed by atoms with Crippen LogP contribution in [0.4, 0.5) is 5.82 Å². The van der Waals surface area contributed by atoms with E-state index in [-0.39, 0.29) is 5.82 Å². The van der Waals surface area contributed by atoms with Gasteiger partial charge in [-0.25, -0.2) is 4.98 Å². The summed E-state index contributed by atoms with van der Waals surface area (Å²) in [5.41, 5.74) is 12.1. The van der Waals surface area contributed by atoms with Gasteiger partial charge in [0.1, 0.15) is 17.5 Å². The number of pyridine rings is 1. The van der Waals surface area contributed by atoms with Crippen LogP contribution in [0.2, 0.25) is 0 Å². The largest absolute Gasteiger partial charge is 0.383 e. The molecule has 0 fully saturated rings. The lowest BCUT2D eigenvalue weighted by Crippen LogP contribution is -2.03. The number of H-pyrrole nitrogens is 1. The molecule has 0 aliphatic rings. The summed E-state index contributed by atoms with van der Waals surface area (Å²) >= 11 is 0. The minimum atomic E-state index is 0.258. The zero-order valence-electron chi connectivity index (χ0n) is 12.5. The fourth-order valence-corrected chi connectivity index (χ4v) is 2.62. The number of anilines is 1. The molecule has 0 radical (unpaired) electrons. The smallest absolute Gasteiger partial charge is 0.142 e. The van der Waals surface area contributed by atoms with E-state index in [4.69, 9.17) is 5.73 Å². The summed E-state index contributed by atoms with van der Waals surface area (Å²) in [6.45, 7) is 4.01. The number of hydrogen-bond donors (Lipinski definition) is 2. The van der Waals surface area contributed by atoms with Crippen molar-refractivity contribution in [2.45, 2.75) is 13.8 Å². The number of nitrogen functional groups attached to an aromatic ring is 1. The number of aryl methyl sites for hydroxylation is 1. The third-order valence-electron chi connectivity index (χ3n) is 3.77. The van der Waals surface area contributed by atoms with E-state index in [0.717, 1.165) is 28.1 Å². The van der Waals surface area contributed by atoms with Gasteiger partial charge in [-0.3, -0.25) is 0 Å². The number of hydrogen-bond acceptors (Lipinski definition) is 3. The van der Waals surface area contributed by atoms with Crippen molar-refractivity contribution in [1.29, 1.82) is 5.26 Å². The van der Waals surface area contributed by atoms with Gasteiger partial charge in [-0.2, -0.15) is 5.26 Å². The molecule has 0 unspecified atom stereocenters. The first kappa shape index (κ1) is 13.9. The number of aromatic amines is 1. The van der Waals surface area contributed by atoms with Crippen LogP contribution in [-0.2, 0) is 0 Å². The van der Waals surface area contributed by atoms with Crippen molar-refractivity contribution < 1.29 is 0 Å². The highest BCUT2D eigenvalue weighted by molar-refractivity contribution is 5.82. The molecular weight excluding hydrogens is 272 g/mol. The van der Waals surface area contributed by atoms with Gasteiger partial charge in [-0.1, -0.05) is 29.8 Å². The maximum Gasteiger partial charge on any atom is 0.142 e. The van der Waals surface area contributed by atoms with E-state index in [1.54, 1.807) is 0 Å². The molecule has 2 heterocycles. The number of nitrogens with zero attached hydrogens (tertiary/aromatic N) is 2. The Morgan fingerprint density at radius 2 is 1.86 bits per heavy atom. The Kier molecular flexibility index (Phi) is 3.40. The topological polar surface area (TPSA) is 78.5 Å². The molecule has 0 spiro atoms. The Morgan fingerprint density at radius 1 is 1.14 bits per heavy atom. The van der Waals surface area contributed by atoms with E-state index in [2.05, 4.69) is 16.0 Å². The minimum Gasteiger partial charge on any atom is -0.383 e. The molecule has 0 atom stereocenters. The van der Waals surface area contributed by atoms with Gasteiger partial charge in [0.05, 0.1) is 5.69 Å². The summed E-state index contributed by atoms with van der Waals surface area (Å²) in [5.74, 6) is 0.258. The van der Waals surface area contributed by atoms with Crippen LogP contribution in [0.3, 0.4) is 0 Å². The zero-order chi connectivity index (χ0) is 15.7. The van der Waals surface area contributed by atoms with E-state index < -0.39 is 0 Å². The van der Waals surface area contributed by atoms with Gasteiger partial charge in [0.15, 0.2) is 0 Å². The van der Waals surface area contributed by atoms with Gasteiger partial charge in [-0.15, -0.1) is 0 Å². The number of aromatic nitrogens is 2. The Morgan fingerprint density at radius 3 is 2.45 bits per heavy atom. The molecular formula is C18H16N4. The fourth-order valence-electron chi connectivity index (χ4n) is 2.62. The summed E-state index contributed by atoms with van der Waals surface area (Å²) in [4.78, 5) is 7.60. The zero-order valence-corrected chi connectivity index (χ0v) is 12.5. The van der Waals surface area contributed by atoms with Crippen molar-refractivity contribution in [3.63, 3.8) is 0 Å². The standard InChI is InChI=1S/C18H16N4/c1-11-5-7-13(8-6-11)17-12(2)16(15-4-3-9-21-15)14(10-19)18(20)22-17/h3-9,21H,1-2H3,(H2,20,22). The van der Waals surface area contributed by atoms with E-state index in [1.807, 2.05) is 56.4 Å². The summed E-state index contributed by atoms with van der Waals surface area (Å²) in [6, 6.07) is 14.1. The highest BCUT2D eigenvalue weighted by Gasteiger charge is 2.18. The lowest BCUT2D eigenvalue weighted by Gasteiger charge is -2.14. The second-order valence-corrected chi connectivity index (χ2v) is 5.28. The number of nitrogens with two attached hydrogens (primary N) is 1. The molecule has 22 heavy (non-hydrogen) atoms. The maximum absolute atomic E-state index is 9.44. The molecule has 0 aliphatic heterocycles. The molecule has 4 nitrogen and oxygen atoms in total. The Bertz CT molecular complexity index is 854. The van der Waals surface area contributed by atoms with Gasteiger partial charge in [-0.05, 0) is 31.5 Å². The second kappa shape index (κ2) is 5.38. The quantitative estimate of drug-likeness (QED) is 0.752. The lowest BCUT2D eigenvalue weighted by molar-refractivity contribution is 1.24. The van der Waals surface area contributed by atoms with E-state index in [0.29, 0.717) is 5.56 Å². The van der Waals surface area contributed by atoms with Crippen LogP contribution >= 0.6 is 0 Å². The summed E-state index contributed by atoms with van der Waals surface area (Å²) in [6.07, 6.45) is 1.83. The SMILES string of the molecule is Cc1ccc(-c2nc(N)c(C#N)c(-c3ccc[nH]3)c2C)cc1. The molecule has 0 saturated heterocycles. The van der Waals surface area contributed by atoms with Crippen LogP contribution in [0.5, 0.6) is 0 Å². The highest BCUT2D eigenvalue weighted by Crippen LogP contribution is 2.34. The van der Waals surface area contributed by atoms with Crippen molar-refractivity contribution in [3.05, 3.63) is 59.3 Å². The molecule has 0 bridgehead atoms. The van der Waals surface area contributed by atoms with Crippen LogP contribution < -0.4 is 5.73 Å². The Hall–Kier alpha value is -3.06. The van der Waals surface area contributed by atoms with Gasteiger partial charge in [0.2, 0.25) is 0 Å². The first-order valence-corrected chi connectivity index (χ1v) is 7.02. The van der Waals surface area contributed by atoms with Gasteiger partial charge >= 0.3 is 0 Å². The fraction of sp³-hybridized carbons (Fsp3) is 0.111. The van der Waals surface area contributed by atoms with E-state index in [9.17, 15) is 5.26 Å². The third kappa shape index (κ3) is 2.23. The normalized spacial score (nSPS) is 10.4. The molecule has 3 N–H and O–H groups in total. The lowest BCUT2D eigenvalue weighted by atomic mass is 9.95. The molecule has 4 heteroatoms. The van der Waals surface area contributed by atoms with Crippen LogP contribution in [0.1, 0.15) is 16.7 Å². The van der Waals surface area contributed by atoms with Crippen molar-refractivity contribution in [2.24, 2.45) is 0 Å². The number of nitrogens with one attached hydrogen (secondary N) is 1. The van der Waals surface area contributed by atoms with Crippen LogP contribution in [0, 0.1) is 25.2 Å². The van der Waals surface area contributed by atoms with E-state index in [1.165, 1.54) is 5.56 Å². The summed E-state index contributed by atoms with van der Waals surface area (Å²) in [5, 5.41) is 9.44. The van der Waals surface area contributed by atoms with Crippen LogP contribution in [0.15, 0.2) is 42.6 Å². The number of benzene rings is 1.